The molecule has 2 aliphatic rings. The summed E-state index contributed by atoms with van der Waals surface area (Å²) in [4.78, 5) is 29.7. The summed E-state index contributed by atoms with van der Waals surface area (Å²) in [6.45, 7) is 4.12. The zero-order chi connectivity index (χ0) is 23.7. The molecule has 0 aromatic heterocycles. The first-order chi connectivity index (χ1) is 16.5. The molecular formula is C28H28FN3O2. The standard InChI is InChI=1S/C28H28FN3O2/c1-19-13-15-31(16-14-19)27(33)21-9-11-23(12-10-21)30-26-24-7-2-3-8-25(24)28(34)32(26)18-20-5-4-6-22(29)17-20/h2-12,17,19,26,30H,13-16,18H2,1H3. The average Bonchev–Trinajstić information content (AvgIpc) is 3.11. The minimum absolute atomic E-state index is 0.0626. The number of rotatable bonds is 5. The van der Waals surface area contributed by atoms with Gasteiger partial charge in [0.15, 0.2) is 0 Å². The summed E-state index contributed by atoms with van der Waals surface area (Å²) in [7, 11) is 0. The molecule has 3 aromatic rings. The summed E-state index contributed by atoms with van der Waals surface area (Å²) in [5.41, 5.74) is 3.72. The number of amides is 2. The van der Waals surface area contributed by atoms with Crippen LogP contribution in [-0.2, 0) is 6.54 Å². The van der Waals surface area contributed by atoms with Gasteiger partial charge in [0.05, 0.1) is 0 Å². The van der Waals surface area contributed by atoms with Gasteiger partial charge >= 0.3 is 0 Å². The number of piperidine rings is 1. The van der Waals surface area contributed by atoms with Gasteiger partial charge in [0.2, 0.25) is 0 Å². The Labute approximate surface area is 199 Å². The number of carbonyl (C=O) groups excluding carboxylic acids is 2. The van der Waals surface area contributed by atoms with Crippen molar-refractivity contribution in [2.75, 3.05) is 18.4 Å². The maximum Gasteiger partial charge on any atom is 0.256 e. The van der Waals surface area contributed by atoms with Gasteiger partial charge in [-0.15, -0.1) is 0 Å². The molecule has 0 bridgehead atoms. The summed E-state index contributed by atoms with van der Waals surface area (Å²) in [6.07, 6.45) is 1.70. The Morgan fingerprint density at radius 1 is 1.00 bits per heavy atom. The van der Waals surface area contributed by atoms with Crippen molar-refractivity contribution >= 4 is 17.5 Å². The van der Waals surface area contributed by atoms with Crippen molar-refractivity contribution in [3.05, 3.63) is 101 Å². The quantitative estimate of drug-likeness (QED) is 0.553. The first-order valence-electron chi connectivity index (χ1n) is 11.8. The fourth-order valence-electron chi connectivity index (χ4n) is 4.78. The largest absolute Gasteiger partial charge is 0.361 e. The number of halogens is 1. The van der Waals surface area contributed by atoms with E-state index >= 15 is 0 Å². The molecule has 0 saturated carbocycles. The Kier molecular flexibility index (Phi) is 6.05. The number of hydrogen-bond acceptors (Lipinski definition) is 3. The highest BCUT2D eigenvalue weighted by molar-refractivity contribution is 5.99. The minimum Gasteiger partial charge on any atom is -0.361 e. The summed E-state index contributed by atoms with van der Waals surface area (Å²) < 4.78 is 13.8. The van der Waals surface area contributed by atoms with Gasteiger partial charge < -0.3 is 15.1 Å². The van der Waals surface area contributed by atoms with Gasteiger partial charge in [-0.2, -0.15) is 0 Å². The predicted molar refractivity (Wildman–Crippen MR) is 130 cm³/mol. The Balaban J connectivity index is 1.35. The molecule has 1 N–H and O–H groups in total. The number of likely N-dealkylation sites (tertiary alicyclic amines) is 1. The maximum absolute atomic E-state index is 13.8. The third-order valence-electron chi connectivity index (χ3n) is 6.81. The molecule has 3 aromatic carbocycles. The second kappa shape index (κ2) is 9.29. The zero-order valence-electron chi connectivity index (χ0n) is 19.2. The molecule has 0 aliphatic carbocycles. The molecule has 1 unspecified atom stereocenters. The number of nitrogens with zero attached hydrogens (tertiary/aromatic N) is 2. The van der Waals surface area contributed by atoms with E-state index in [0.717, 1.165) is 42.7 Å². The summed E-state index contributed by atoms with van der Waals surface area (Å²) in [5.74, 6) is 0.314. The van der Waals surface area contributed by atoms with Crippen molar-refractivity contribution in [3.8, 4) is 0 Å². The lowest BCUT2D eigenvalue weighted by Crippen LogP contribution is -2.37. The molecule has 2 aliphatic heterocycles. The highest BCUT2D eigenvalue weighted by Gasteiger charge is 2.36. The molecule has 1 atom stereocenters. The van der Waals surface area contributed by atoms with E-state index in [1.54, 1.807) is 11.0 Å². The number of fused-ring (bicyclic) bond motifs is 1. The molecule has 1 saturated heterocycles. The molecule has 174 valence electrons. The van der Waals surface area contributed by atoms with Crippen molar-refractivity contribution in [3.63, 3.8) is 0 Å². The van der Waals surface area contributed by atoms with E-state index < -0.39 is 6.17 Å². The van der Waals surface area contributed by atoms with Gasteiger partial charge in [-0.25, -0.2) is 4.39 Å². The number of benzene rings is 3. The molecule has 2 heterocycles. The lowest BCUT2D eigenvalue weighted by atomic mass is 9.98. The van der Waals surface area contributed by atoms with Gasteiger partial charge in [0, 0.05) is 42.0 Å². The SMILES string of the molecule is CC1CCN(C(=O)c2ccc(NC3c4ccccc4C(=O)N3Cc3cccc(F)c3)cc2)CC1. The van der Waals surface area contributed by atoms with Crippen LogP contribution in [0.15, 0.2) is 72.8 Å². The number of nitrogens with one attached hydrogen (secondary N) is 1. The Morgan fingerprint density at radius 2 is 1.74 bits per heavy atom. The van der Waals surface area contributed by atoms with Crippen LogP contribution in [0.3, 0.4) is 0 Å². The molecule has 34 heavy (non-hydrogen) atoms. The van der Waals surface area contributed by atoms with Crippen LogP contribution in [-0.4, -0.2) is 34.7 Å². The second-order valence-electron chi connectivity index (χ2n) is 9.25. The van der Waals surface area contributed by atoms with Crippen LogP contribution in [0.2, 0.25) is 0 Å². The second-order valence-corrected chi connectivity index (χ2v) is 9.25. The Morgan fingerprint density at radius 3 is 2.47 bits per heavy atom. The van der Waals surface area contributed by atoms with Crippen molar-refractivity contribution in [2.24, 2.45) is 5.92 Å². The van der Waals surface area contributed by atoms with Crippen LogP contribution in [0.25, 0.3) is 0 Å². The average molecular weight is 458 g/mol. The van der Waals surface area contributed by atoms with Crippen LogP contribution in [0.1, 0.15) is 57.8 Å². The van der Waals surface area contributed by atoms with Crippen LogP contribution < -0.4 is 5.32 Å². The van der Waals surface area contributed by atoms with E-state index in [0.29, 0.717) is 17.0 Å². The molecule has 6 heteroatoms. The molecule has 1 fully saturated rings. The predicted octanol–water partition coefficient (Wildman–Crippen LogP) is 5.46. The van der Waals surface area contributed by atoms with Crippen LogP contribution >= 0.6 is 0 Å². The Hall–Kier alpha value is -3.67. The van der Waals surface area contributed by atoms with Gasteiger partial charge in [-0.3, -0.25) is 9.59 Å². The van der Waals surface area contributed by atoms with Crippen molar-refractivity contribution in [1.82, 2.24) is 9.80 Å². The molecule has 0 spiro atoms. The third-order valence-corrected chi connectivity index (χ3v) is 6.81. The number of hydrogen-bond donors (Lipinski definition) is 1. The summed E-state index contributed by atoms with van der Waals surface area (Å²) in [6, 6.07) is 21.3. The van der Waals surface area contributed by atoms with Crippen molar-refractivity contribution < 1.29 is 14.0 Å². The molecule has 0 radical (unpaired) electrons. The van der Waals surface area contributed by atoms with Crippen LogP contribution in [0, 0.1) is 11.7 Å². The maximum atomic E-state index is 13.8. The lowest BCUT2D eigenvalue weighted by molar-refractivity contribution is 0.0696. The first-order valence-corrected chi connectivity index (χ1v) is 11.8. The topological polar surface area (TPSA) is 52.7 Å². The zero-order valence-corrected chi connectivity index (χ0v) is 19.2. The fraction of sp³-hybridized carbons (Fsp3) is 0.286. The van der Waals surface area contributed by atoms with Gasteiger partial charge in [0.1, 0.15) is 12.0 Å². The van der Waals surface area contributed by atoms with E-state index in [2.05, 4.69) is 12.2 Å². The summed E-state index contributed by atoms with van der Waals surface area (Å²) >= 11 is 0. The molecule has 5 rings (SSSR count). The molecule has 5 nitrogen and oxygen atoms in total. The van der Waals surface area contributed by atoms with E-state index in [-0.39, 0.29) is 24.2 Å². The normalized spacial score (nSPS) is 18.2. The van der Waals surface area contributed by atoms with E-state index in [4.69, 9.17) is 0 Å². The third kappa shape index (κ3) is 4.40. The molecule has 2 amide bonds. The Bertz CT molecular complexity index is 1200. The van der Waals surface area contributed by atoms with Crippen molar-refractivity contribution in [1.29, 1.82) is 0 Å². The number of anilines is 1. The smallest absolute Gasteiger partial charge is 0.256 e. The highest BCUT2D eigenvalue weighted by atomic mass is 19.1. The molecular weight excluding hydrogens is 429 g/mol. The van der Waals surface area contributed by atoms with E-state index in [9.17, 15) is 14.0 Å². The monoisotopic (exact) mass is 457 g/mol. The fourth-order valence-corrected chi connectivity index (χ4v) is 4.78. The lowest BCUT2D eigenvalue weighted by Gasteiger charge is -2.30. The van der Waals surface area contributed by atoms with Gasteiger partial charge in [-0.05, 0) is 66.8 Å². The minimum atomic E-state index is -0.392. The van der Waals surface area contributed by atoms with Crippen molar-refractivity contribution in [2.45, 2.75) is 32.5 Å². The number of carbonyl (C=O) groups is 2. The van der Waals surface area contributed by atoms with E-state index in [1.807, 2.05) is 59.5 Å². The van der Waals surface area contributed by atoms with Gasteiger partial charge in [-0.1, -0.05) is 37.3 Å². The van der Waals surface area contributed by atoms with Crippen LogP contribution in [0.4, 0.5) is 10.1 Å². The van der Waals surface area contributed by atoms with E-state index in [1.165, 1.54) is 12.1 Å². The summed E-state index contributed by atoms with van der Waals surface area (Å²) in [5, 5.41) is 3.45. The first kappa shape index (κ1) is 22.1. The highest BCUT2D eigenvalue weighted by Crippen LogP contribution is 2.35. The van der Waals surface area contributed by atoms with Gasteiger partial charge in [0.25, 0.3) is 11.8 Å². The van der Waals surface area contributed by atoms with Crippen LogP contribution in [0.5, 0.6) is 0 Å².